The van der Waals surface area contributed by atoms with Crippen LogP contribution < -0.4 is 0 Å². The van der Waals surface area contributed by atoms with Crippen molar-refractivity contribution in [2.75, 3.05) is 13.6 Å². The molecule has 0 saturated carbocycles. The topological polar surface area (TPSA) is 20.3 Å². The van der Waals surface area contributed by atoms with E-state index < -0.39 is 0 Å². The molecule has 0 radical (unpaired) electrons. The van der Waals surface area contributed by atoms with Crippen molar-refractivity contribution < 1.29 is 4.79 Å². The number of benzene rings is 1. The van der Waals surface area contributed by atoms with Crippen LogP contribution in [0.5, 0.6) is 0 Å². The molecule has 1 aliphatic rings. The van der Waals surface area contributed by atoms with E-state index in [1.807, 2.05) is 18.0 Å². The maximum absolute atomic E-state index is 12.4. The van der Waals surface area contributed by atoms with Crippen molar-refractivity contribution in [3.63, 3.8) is 0 Å². The predicted molar refractivity (Wildman–Crippen MR) is 79.9 cm³/mol. The van der Waals surface area contributed by atoms with E-state index in [1.54, 1.807) is 0 Å². The number of unbranched alkanes of at least 4 members (excludes halogenated alkanes) is 3. The van der Waals surface area contributed by atoms with Crippen molar-refractivity contribution in [2.45, 2.75) is 39.0 Å². The second-order valence-corrected chi connectivity index (χ2v) is 5.25. The average molecular weight is 257 g/mol. The fourth-order valence-electron chi connectivity index (χ4n) is 2.55. The zero-order valence-electron chi connectivity index (χ0n) is 12.0. The van der Waals surface area contributed by atoms with E-state index in [9.17, 15) is 4.79 Å². The Hall–Kier alpha value is -1.57. The number of likely N-dealkylation sites (N-methyl/N-ethyl adjacent to an activating group) is 1. The molecule has 0 aromatic heterocycles. The molecule has 0 unspecified atom stereocenters. The number of fused-ring (bicyclic) bond motifs is 1. The first kappa shape index (κ1) is 13.9. The van der Waals surface area contributed by atoms with Gasteiger partial charge in [0.2, 0.25) is 0 Å². The highest BCUT2D eigenvalue weighted by atomic mass is 16.2. The first-order valence-electron chi connectivity index (χ1n) is 7.28. The van der Waals surface area contributed by atoms with Gasteiger partial charge >= 0.3 is 0 Å². The van der Waals surface area contributed by atoms with Crippen molar-refractivity contribution in [3.8, 4) is 0 Å². The van der Waals surface area contributed by atoms with Gasteiger partial charge in [0.1, 0.15) is 0 Å². The van der Waals surface area contributed by atoms with Crippen LogP contribution in [0.25, 0.3) is 5.57 Å². The second kappa shape index (κ2) is 6.55. The lowest BCUT2D eigenvalue weighted by Crippen LogP contribution is -2.27. The lowest BCUT2D eigenvalue weighted by atomic mass is 9.97. The van der Waals surface area contributed by atoms with E-state index in [0.29, 0.717) is 0 Å². The van der Waals surface area contributed by atoms with Gasteiger partial charge in [-0.1, -0.05) is 50.1 Å². The van der Waals surface area contributed by atoms with Gasteiger partial charge in [0.05, 0.1) is 0 Å². The van der Waals surface area contributed by atoms with Crippen LogP contribution in [-0.2, 0) is 11.2 Å². The van der Waals surface area contributed by atoms with Crippen molar-refractivity contribution >= 4 is 11.5 Å². The third-order valence-corrected chi connectivity index (χ3v) is 3.76. The number of nitrogens with zero attached hydrogens (tertiary/aromatic N) is 1. The number of allylic oxidation sites excluding steroid dienone is 1. The Morgan fingerprint density at radius 1 is 1.26 bits per heavy atom. The molecule has 1 aromatic carbocycles. The van der Waals surface area contributed by atoms with Crippen molar-refractivity contribution in [1.29, 1.82) is 0 Å². The highest BCUT2D eigenvalue weighted by Crippen LogP contribution is 2.26. The normalized spacial score (nSPS) is 17.5. The van der Waals surface area contributed by atoms with Gasteiger partial charge in [-0.2, -0.15) is 0 Å². The van der Waals surface area contributed by atoms with Gasteiger partial charge in [0.25, 0.3) is 5.91 Å². The third kappa shape index (κ3) is 3.25. The fourth-order valence-corrected chi connectivity index (χ4v) is 2.55. The van der Waals surface area contributed by atoms with Crippen molar-refractivity contribution in [3.05, 3.63) is 41.5 Å². The summed E-state index contributed by atoms with van der Waals surface area (Å²) in [5.74, 6) is 0.168. The van der Waals surface area contributed by atoms with Crippen LogP contribution in [0, 0.1) is 0 Å². The van der Waals surface area contributed by atoms with Gasteiger partial charge in [-0.3, -0.25) is 4.79 Å². The molecule has 102 valence electrons. The minimum atomic E-state index is 0.168. The summed E-state index contributed by atoms with van der Waals surface area (Å²) in [5, 5.41) is 0. The molecule has 2 nitrogen and oxygen atoms in total. The number of carbonyl (C=O) groups excluding carboxylic acids is 1. The Morgan fingerprint density at radius 3 is 2.84 bits per heavy atom. The smallest absolute Gasteiger partial charge is 0.253 e. The summed E-state index contributed by atoms with van der Waals surface area (Å²) < 4.78 is 0. The molecular weight excluding hydrogens is 234 g/mol. The number of amides is 1. The first-order valence-corrected chi connectivity index (χ1v) is 7.28. The summed E-state index contributed by atoms with van der Waals surface area (Å²) in [6, 6.07) is 8.31. The molecule has 0 N–H and O–H groups in total. The van der Waals surface area contributed by atoms with Crippen molar-refractivity contribution in [2.24, 2.45) is 0 Å². The van der Waals surface area contributed by atoms with Crippen LogP contribution in [-0.4, -0.2) is 24.4 Å². The van der Waals surface area contributed by atoms with Gasteiger partial charge in [0, 0.05) is 19.2 Å². The molecule has 1 aliphatic heterocycles. The Bertz CT molecular complexity index is 476. The van der Waals surface area contributed by atoms with Crippen LogP contribution in [0.4, 0.5) is 0 Å². The Balaban J connectivity index is 2.28. The molecule has 0 bridgehead atoms. The van der Waals surface area contributed by atoms with E-state index in [-0.39, 0.29) is 5.91 Å². The molecule has 0 fully saturated rings. The lowest BCUT2D eigenvalue weighted by Gasteiger charge is -2.14. The van der Waals surface area contributed by atoms with E-state index in [2.05, 4.69) is 31.2 Å². The minimum Gasteiger partial charge on any atom is -0.341 e. The van der Waals surface area contributed by atoms with E-state index in [4.69, 9.17) is 0 Å². The fraction of sp³-hybridized carbons (Fsp3) is 0.471. The molecule has 0 spiro atoms. The average Bonchev–Trinajstić information content (AvgIpc) is 2.55. The largest absolute Gasteiger partial charge is 0.341 e. The molecule has 1 heterocycles. The van der Waals surface area contributed by atoms with Crippen LogP contribution in [0.15, 0.2) is 30.3 Å². The Morgan fingerprint density at radius 2 is 2.05 bits per heavy atom. The zero-order chi connectivity index (χ0) is 13.7. The Labute approximate surface area is 116 Å². The van der Waals surface area contributed by atoms with Gasteiger partial charge in [-0.25, -0.2) is 0 Å². The summed E-state index contributed by atoms with van der Waals surface area (Å²) in [7, 11) is 1.90. The number of rotatable bonds is 4. The van der Waals surface area contributed by atoms with E-state index in [0.717, 1.165) is 30.5 Å². The Kier molecular flexibility index (Phi) is 4.78. The molecule has 2 heteroatoms. The summed E-state index contributed by atoms with van der Waals surface area (Å²) in [6.07, 6.45) is 7.70. The van der Waals surface area contributed by atoms with E-state index >= 15 is 0 Å². The SMILES string of the molecule is CCCCC/C=C1\C(=O)N(C)CCc2ccccc21. The van der Waals surface area contributed by atoms with Gasteiger partial charge in [-0.05, 0) is 30.4 Å². The summed E-state index contributed by atoms with van der Waals surface area (Å²) in [4.78, 5) is 14.3. The molecule has 1 aromatic rings. The summed E-state index contributed by atoms with van der Waals surface area (Å²) >= 11 is 0. The molecule has 2 rings (SSSR count). The van der Waals surface area contributed by atoms with E-state index in [1.165, 1.54) is 24.8 Å². The highest BCUT2D eigenvalue weighted by molar-refractivity contribution is 6.20. The van der Waals surface area contributed by atoms with Gasteiger partial charge < -0.3 is 4.90 Å². The number of hydrogen-bond donors (Lipinski definition) is 0. The number of hydrogen-bond acceptors (Lipinski definition) is 1. The lowest BCUT2D eigenvalue weighted by molar-refractivity contribution is -0.123. The molecule has 0 aliphatic carbocycles. The second-order valence-electron chi connectivity index (χ2n) is 5.25. The highest BCUT2D eigenvalue weighted by Gasteiger charge is 2.22. The predicted octanol–water partition coefficient (Wildman–Crippen LogP) is 3.66. The summed E-state index contributed by atoms with van der Waals surface area (Å²) in [5.41, 5.74) is 3.32. The maximum Gasteiger partial charge on any atom is 0.253 e. The van der Waals surface area contributed by atoms with Crippen LogP contribution in [0.3, 0.4) is 0 Å². The number of carbonyl (C=O) groups is 1. The monoisotopic (exact) mass is 257 g/mol. The quantitative estimate of drug-likeness (QED) is 0.595. The maximum atomic E-state index is 12.4. The van der Waals surface area contributed by atoms with Crippen LogP contribution >= 0.6 is 0 Å². The molecule has 0 atom stereocenters. The molecule has 19 heavy (non-hydrogen) atoms. The van der Waals surface area contributed by atoms with Crippen LogP contribution in [0.2, 0.25) is 0 Å². The minimum absolute atomic E-state index is 0.168. The zero-order valence-corrected chi connectivity index (χ0v) is 12.0. The standard InChI is InChI=1S/C17H23NO/c1-3-4-5-6-11-16-15-10-8-7-9-14(15)12-13-18(2)17(16)19/h7-11H,3-6,12-13H2,1-2H3/b16-11-. The van der Waals surface area contributed by atoms with Gasteiger partial charge in [-0.15, -0.1) is 0 Å². The third-order valence-electron chi connectivity index (χ3n) is 3.76. The first-order chi connectivity index (χ1) is 9.24. The van der Waals surface area contributed by atoms with Crippen molar-refractivity contribution in [1.82, 2.24) is 4.90 Å². The van der Waals surface area contributed by atoms with Gasteiger partial charge in [0.15, 0.2) is 0 Å². The molecular formula is C17H23NO. The molecule has 1 amide bonds. The van der Waals surface area contributed by atoms with Crippen LogP contribution in [0.1, 0.15) is 43.7 Å². The summed E-state index contributed by atoms with van der Waals surface area (Å²) in [6.45, 7) is 3.01. The molecule has 0 saturated heterocycles.